The Bertz CT molecular complexity index is 296. The third kappa shape index (κ3) is 3.59. The number of aliphatic hydroxyl groups excluding tert-OH is 2. The van der Waals surface area contributed by atoms with Crippen LogP contribution in [-0.4, -0.2) is 30.0 Å². The average Bonchev–Trinajstić information content (AvgIpc) is 2.36. The van der Waals surface area contributed by atoms with Crippen LogP contribution in [0.15, 0.2) is 30.3 Å². The minimum absolute atomic E-state index is 0.0159. The molecule has 3 nitrogen and oxygen atoms in total. The van der Waals surface area contributed by atoms with E-state index in [0.717, 1.165) is 0 Å². The molecule has 1 aromatic carbocycles. The molecule has 1 aromatic rings. The monoisotopic (exact) mass is 223 g/mol. The lowest BCUT2D eigenvalue weighted by atomic mass is 9.92. The van der Waals surface area contributed by atoms with E-state index in [2.05, 4.69) is 24.4 Å². The molecule has 16 heavy (non-hydrogen) atoms. The molecule has 0 aliphatic carbocycles. The first-order valence-electron chi connectivity index (χ1n) is 5.61. The summed E-state index contributed by atoms with van der Waals surface area (Å²) in [5, 5.41) is 21.7. The van der Waals surface area contributed by atoms with Gasteiger partial charge in [0.15, 0.2) is 0 Å². The van der Waals surface area contributed by atoms with Crippen molar-refractivity contribution in [3.05, 3.63) is 35.9 Å². The third-order valence-corrected chi connectivity index (χ3v) is 2.90. The molecule has 0 amide bonds. The molecule has 0 aliphatic heterocycles. The van der Waals surface area contributed by atoms with Crippen molar-refractivity contribution >= 4 is 0 Å². The fourth-order valence-electron chi connectivity index (χ4n) is 1.42. The lowest BCUT2D eigenvalue weighted by Gasteiger charge is -2.27. The van der Waals surface area contributed by atoms with E-state index in [1.807, 2.05) is 25.1 Å². The van der Waals surface area contributed by atoms with Gasteiger partial charge in [0.2, 0.25) is 0 Å². The van der Waals surface area contributed by atoms with Gasteiger partial charge in [0.25, 0.3) is 0 Å². The predicted molar refractivity (Wildman–Crippen MR) is 65.1 cm³/mol. The molecule has 0 radical (unpaired) electrons. The molecule has 0 aliphatic rings. The first-order chi connectivity index (χ1) is 7.61. The Labute approximate surface area is 97.1 Å². The van der Waals surface area contributed by atoms with Gasteiger partial charge in [-0.3, -0.25) is 0 Å². The summed E-state index contributed by atoms with van der Waals surface area (Å²) in [6.45, 7) is 4.49. The first-order valence-corrected chi connectivity index (χ1v) is 5.61. The highest BCUT2D eigenvalue weighted by atomic mass is 16.3. The third-order valence-electron chi connectivity index (χ3n) is 2.90. The number of benzene rings is 1. The van der Waals surface area contributed by atoms with E-state index in [-0.39, 0.29) is 19.3 Å². The van der Waals surface area contributed by atoms with Gasteiger partial charge < -0.3 is 15.5 Å². The normalized spacial score (nSPS) is 13.8. The quantitative estimate of drug-likeness (QED) is 0.682. The van der Waals surface area contributed by atoms with E-state index >= 15 is 0 Å². The summed E-state index contributed by atoms with van der Waals surface area (Å²) in [5.74, 6) is 0. The summed E-state index contributed by atoms with van der Waals surface area (Å²) in [6, 6.07) is 10.3. The Balaban J connectivity index is 2.50. The van der Waals surface area contributed by atoms with Crippen LogP contribution in [-0.2, 0) is 0 Å². The van der Waals surface area contributed by atoms with Gasteiger partial charge >= 0.3 is 0 Å². The van der Waals surface area contributed by atoms with Gasteiger partial charge in [-0.25, -0.2) is 0 Å². The standard InChI is InChI=1S/C13H21NO2/c1-11(12-6-4-3-5-7-12)14-8-13(2,9-15)10-16/h3-7,11,14-16H,8-10H2,1-2H3/t11-/m1/s1. The van der Waals surface area contributed by atoms with Crippen molar-refractivity contribution in [3.63, 3.8) is 0 Å². The molecule has 0 aromatic heterocycles. The second kappa shape index (κ2) is 5.99. The smallest absolute Gasteiger partial charge is 0.0519 e. The van der Waals surface area contributed by atoms with Crippen molar-refractivity contribution in [1.29, 1.82) is 0 Å². The lowest BCUT2D eigenvalue weighted by molar-refractivity contribution is 0.0677. The van der Waals surface area contributed by atoms with Crippen molar-refractivity contribution in [2.75, 3.05) is 19.8 Å². The van der Waals surface area contributed by atoms with Gasteiger partial charge in [0, 0.05) is 18.0 Å². The molecule has 1 rings (SSSR count). The molecule has 90 valence electrons. The van der Waals surface area contributed by atoms with Crippen LogP contribution in [0.5, 0.6) is 0 Å². The number of hydrogen-bond donors (Lipinski definition) is 3. The van der Waals surface area contributed by atoms with Gasteiger partial charge in [0.05, 0.1) is 13.2 Å². The van der Waals surface area contributed by atoms with Gasteiger partial charge in [-0.05, 0) is 12.5 Å². The van der Waals surface area contributed by atoms with E-state index in [9.17, 15) is 0 Å². The molecule has 0 unspecified atom stereocenters. The summed E-state index contributed by atoms with van der Waals surface area (Å²) in [4.78, 5) is 0. The fraction of sp³-hybridized carbons (Fsp3) is 0.538. The fourth-order valence-corrected chi connectivity index (χ4v) is 1.42. The lowest BCUT2D eigenvalue weighted by Crippen LogP contribution is -2.38. The Kier molecular flexibility index (Phi) is 4.93. The SMILES string of the molecule is C[C@@H](NCC(C)(CO)CO)c1ccccc1. The molecule has 0 heterocycles. The summed E-state index contributed by atoms with van der Waals surface area (Å²) in [6.07, 6.45) is 0. The minimum Gasteiger partial charge on any atom is -0.396 e. The van der Waals surface area contributed by atoms with Crippen LogP contribution in [0, 0.1) is 5.41 Å². The zero-order valence-electron chi connectivity index (χ0n) is 9.98. The highest BCUT2D eigenvalue weighted by Crippen LogP contribution is 2.16. The summed E-state index contributed by atoms with van der Waals surface area (Å²) < 4.78 is 0. The number of hydrogen-bond acceptors (Lipinski definition) is 3. The van der Waals surface area contributed by atoms with Gasteiger partial charge in [-0.2, -0.15) is 0 Å². The van der Waals surface area contributed by atoms with Crippen LogP contribution in [0.4, 0.5) is 0 Å². The largest absolute Gasteiger partial charge is 0.396 e. The van der Waals surface area contributed by atoms with E-state index < -0.39 is 5.41 Å². The Morgan fingerprint density at radius 3 is 2.25 bits per heavy atom. The van der Waals surface area contributed by atoms with Crippen LogP contribution >= 0.6 is 0 Å². The van der Waals surface area contributed by atoms with E-state index in [4.69, 9.17) is 10.2 Å². The molecule has 0 spiro atoms. The highest BCUT2D eigenvalue weighted by Gasteiger charge is 2.22. The van der Waals surface area contributed by atoms with Crippen molar-refractivity contribution in [1.82, 2.24) is 5.32 Å². The maximum Gasteiger partial charge on any atom is 0.0519 e. The van der Waals surface area contributed by atoms with Crippen LogP contribution in [0.25, 0.3) is 0 Å². The molecule has 0 bridgehead atoms. The number of aliphatic hydroxyl groups is 2. The van der Waals surface area contributed by atoms with Gasteiger partial charge in [-0.1, -0.05) is 37.3 Å². The van der Waals surface area contributed by atoms with E-state index in [1.54, 1.807) is 0 Å². The molecular formula is C13H21NO2. The highest BCUT2D eigenvalue weighted by molar-refractivity contribution is 5.18. The van der Waals surface area contributed by atoms with E-state index in [0.29, 0.717) is 6.54 Å². The molecule has 0 saturated carbocycles. The number of nitrogens with one attached hydrogen (secondary N) is 1. The first kappa shape index (κ1) is 13.2. The average molecular weight is 223 g/mol. The molecule has 3 N–H and O–H groups in total. The zero-order valence-corrected chi connectivity index (χ0v) is 9.98. The van der Waals surface area contributed by atoms with Crippen LogP contribution in [0.3, 0.4) is 0 Å². The maximum atomic E-state index is 9.17. The van der Waals surface area contributed by atoms with Crippen LogP contribution < -0.4 is 5.32 Å². The number of rotatable bonds is 6. The second-order valence-electron chi connectivity index (χ2n) is 4.64. The Morgan fingerprint density at radius 1 is 1.19 bits per heavy atom. The maximum absolute atomic E-state index is 9.17. The Morgan fingerprint density at radius 2 is 1.75 bits per heavy atom. The summed E-state index contributed by atoms with van der Waals surface area (Å²) in [7, 11) is 0. The predicted octanol–water partition coefficient (Wildman–Crippen LogP) is 1.33. The van der Waals surface area contributed by atoms with Crippen molar-refractivity contribution in [2.45, 2.75) is 19.9 Å². The van der Waals surface area contributed by atoms with Crippen LogP contribution in [0.1, 0.15) is 25.5 Å². The van der Waals surface area contributed by atoms with Gasteiger partial charge in [-0.15, -0.1) is 0 Å². The Hall–Kier alpha value is -0.900. The van der Waals surface area contributed by atoms with E-state index in [1.165, 1.54) is 5.56 Å². The van der Waals surface area contributed by atoms with Crippen molar-refractivity contribution in [2.24, 2.45) is 5.41 Å². The summed E-state index contributed by atoms with van der Waals surface area (Å²) in [5.41, 5.74) is 0.754. The molecule has 1 atom stereocenters. The molecule has 3 heteroatoms. The van der Waals surface area contributed by atoms with Gasteiger partial charge in [0.1, 0.15) is 0 Å². The van der Waals surface area contributed by atoms with Crippen molar-refractivity contribution in [3.8, 4) is 0 Å². The topological polar surface area (TPSA) is 52.5 Å². The second-order valence-corrected chi connectivity index (χ2v) is 4.64. The molecule has 0 fully saturated rings. The van der Waals surface area contributed by atoms with Crippen LogP contribution in [0.2, 0.25) is 0 Å². The molecular weight excluding hydrogens is 202 g/mol. The zero-order chi connectivity index (χ0) is 12.0. The molecule has 0 saturated heterocycles. The summed E-state index contributed by atoms with van der Waals surface area (Å²) >= 11 is 0. The minimum atomic E-state index is -0.455. The van der Waals surface area contributed by atoms with Crippen molar-refractivity contribution < 1.29 is 10.2 Å².